The quantitative estimate of drug-likeness (QED) is 0.537. The molecule has 0 bridgehead atoms. The van der Waals surface area contributed by atoms with E-state index in [9.17, 15) is 15.3 Å². The summed E-state index contributed by atoms with van der Waals surface area (Å²) in [6, 6.07) is 0. The molecule has 0 amide bonds. The van der Waals surface area contributed by atoms with Crippen LogP contribution in [0.5, 0.6) is 0 Å². The summed E-state index contributed by atoms with van der Waals surface area (Å²) in [4.78, 5) is 0. The summed E-state index contributed by atoms with van der Waals surface area (Å²) >= 11 is 0. The molecule has 3 heteroatoms. The van der Waals surface area contributed by atoms with Crippen molar-refractivity contribution in [1.29, 1.82) is 0 Å². The highest BCUT2D eigenvalue weighted by atomic mass is 16.3. The fraction of sp³-hybridized carbons (Fsp3) is 0.625. The Morgan fingerprint density at radius 1 is 1.32 bits per heavy atom. The number of hydrogen-bond acceptors (Lipinski definition) is 3. The first kappa shape index (κ1) is 14.2. The van der Waals surface area contributed by atoms with Crippen molar-refractivity contribution >= 4 is 0 Å². The Kier molecular flexibility index (Phi) is 3.52. The van der Waals surface area contributed by atoms with Crippen molar-refractivity contribution < 1.29 is 15.3 Å². The third-order valence-electron chi connectivity index (χ3n) is 5.27. The maximum absolute atomic E-state index is 11.0. The van der Waals surface area contributed by atoms with Gasteiger partial charge in [0.25, 0.3) is 0 Å². The van der Waals surface area contributed by atoms with Crippen molar-refractivity contribution in [3.8, 4) is 0 Å². The predicted octanol–water partition coefficient (Wildman–Crippen LogP) is 3.78. The van der Waals surface area contributed by atoms with Crippen molar-refractivity contribution in [2.75, 3.05) is 0 Å². The molecule has 3 N–H and O–H groups in total. The second kappa shape index (κ2) is 4.71. The fourth-order valence-electron chi connectivity index (χ4n) is 4.27. The zero-order chi connectivity index (χ0) is 14.3. The summed E-state index contributed by atoms with van der Waals surface area (Å²) in [6.07, 6.45) is 6.94. The normalized spacial score (nSPS) is 39.9. The Morgan fingerprint density at radius 3 is 2.47 bits per heavy atom. The van der Waals surface area contributed by atoms with E-state index in [1.807, 2.05) is 6.92 Å². The zero-order valence-corrected chi connectivity index (χ0v) is 11.8. The van der Waals surface area contributed by atoms with E-state index in [4.69, 9.17) is 0 Å². The van der Waals surface area contributed by atoms with E-state index >= 15 is 0 Å². The number of aliphatic hydroxyl groups excluding tert-OH is 2. The number of allylic oxidation sites excluding steroid dienone is 3. The van der Waals surface area contributed by atoms with Gasteiger partial charge in [-0.3, -0.25) is 0 Å². The van der Waals surface area contributed by atoms with Crippen LogP contribution in [-0.2, 0) is 0 Å². The van der Waals surface area contributed by atoms with Gasteiger partial charge in [0.1, 0.15) is 6.26 Å². The molecule has 3 atom stereocenters. The molecule has 0 heterocycles. The topological polar surface area (TPSA) is 60.7 Å². The fourth-order valence-corrected chi connectivity index (χ4v) is 4.27. The lowest BCUT2D eigenvalue weighted by molar-refractivity contribution is -0.214. The van der Waals surface area contributed by atoms with Gasteiger partial charge in [-0.25, -0.2) is 0 Å². The number of fused-ring (bicyclic) bond motifs is 1. The van der Waals surface area contributed by atoms with Gasteiger partial charge in [-0.2, -0.15) is 0 Å². The molecule has 0 aromatic rings. The van der Waals surface area contributed by atoms with Crippen molar-refractivity contribution in [2.24, 2.45) is 11.3 Å². The summed E-state index contributed by atoms with van der Waals surface area (Å²) in [7, 11) is 0. The minimum Gasteiger partial charge on any atom is -0.512 e. The molecule has 19 heavy (non-hydrogen) atoms. The molecule has 0 saturated heterocycles. The van der Waals surface area contributed by atoms with Crippen LogP contribution in [0.1, 0.15) is 46.0 Å². The zero-order valence-electron chi connectivity index (χ0n) is 11.8. The van der Waals surface area contributed by atoms with Crippen LogP contribution in [0, 0.1) is 11.3 Å². The van der Waals surface area contributed by atoms with E-state index in [0.717, 1.165) is 43.9 Å². The standard InChI is InChI=1S/C16H24O3/c1-4-11(2)14(13(18)10-17)15-7-5-6-8-16(15,19)12(3)9-15/h4,10,12,17-19H,1,5-9H2,2-3H3/b13-10-,14-11+/t12?,15-,16+/m0/s1. The smallest absolute Gasteiger partial charge is 0.153 e. The van der Waals surface area contributed by atoms with Gasteiger partial charge in [-0.1, -0.05) is 32.4 Å². The average molecular weight is 264 g/mol. The van der Waals surface area contributed by atoms with Gasteiger partial charge in [0, 0.05) is 11.0 Å². The molecule has 2 aliphatic carbocycles. The lowest BCUT2D eigenvalue weighted by Gasteiger charge is -2.64. The molecule has 2 rings (SSSR count). The van der Waals surface area contributed by atoms with Gasteiger partial charge >= 0.3 is 0 Å². The summed E-state index contributed by atoms with van der Waals surface area (Å²) in [6.45, 7) is 7.69. The van der Waals surface area contributed by atoms with E-state index in [1.165, 1.54) is 0 Å². The first-order chi connectivity index (χ1) is 8.93. The molecule has 0 aromatic heterocycles. The highest BCUT2D eigenvalue weighted by Gasteiger charge is 2.65. The van der Waals surface area contributed by atoms with E-state index in [1.54, 1.807) is 6.08 Å². The maximum Gasteiger partial charge on any atom is 0.153 e. The van der Waals surface area contributed by atoms with Gasteiger partial charge in [0.05, 0.1) is 5.60 Å². The van der Waals surface area contributed by atoms with E-state index < -0.39 is 11.0 Å². The second-order valence-corrected chi connectivity index (χ2v) is 6.10. The van der Waals surface area contributed by atoms with Crippen LogP contribution in [0.15, 0.2) is 35.8 Å². The molecule has 0 aromatic carbocycles. The van der Waals surface area contributed by atoms with Crippen molar-refractivity contribution in [3.05, 3.63) is 35.8 Å². The molecule has 2 aliphatic rings. The number of aliphatic hydroxyl groups is 3. The van der Waals surface area contributed by atoms with Crippen LogP contribution < -0.4 is 0 Å². The van der Waals surface area contributed by atoms with Crippen molar-refractivity contribution in [3.63, 3.8) is 0 Å². The molecule has 106 valence electrons. The monoisotopic (exact) mass is 264 g/mol. The van der Waals surface area contributed by atoms with Crippen LogP contribution in [0.2, 0.25) is 0 Å². The summed E-state index contributed by atoms with van der Waals surface area (Å²) in [5.74, 6) is 0.0940. The molecule has 0 spiro atoms. The van der Waals surface area contributed by atoms with Gasteiger partial charge in [-0.05, 0) is 37.7 Å². The Morgan fingerprint density at radius 2 is 1.95 bits per heavy atom. The van der Waals surface area contributed by atoms with Gasteiger partial charge in [0.15, 0.2) is 5.76 Å². The molecule has 0 aliphatic heterocycles. The highest BCUT2D eigenvalue weighted by Crippen LogP contribution is 2.66. The maximum atomic E-state index is 11.0. The molecule has 3 nitrogen and oxygen atoms in total. The lowest BCUT2D eigenvalue weighted by atomic mass is 9.42. The second-order valence-electron chi connectivity index (χ2n) is 6.10. The Balaban J connectivity index is 2.56. The third-order valence-corrected chi connectivity index (χ3v) is 5.27. The van der Waals surface area contributed by atoms with Gasteiger partial charge in [0.2, 0.25) is 0 Å². The third kappa shape index (κ3) is 1.75. The molecule has 2 fully saturated rings. The summed E-state index contributed by atoms with van der Waals surface area (Å²) in [5.41, 5.74) is 0.314. The van der Waals surface area contributed by atoms with E-state index in [-0.39, 0.29) is 11.7 Å². The van der Waals surface area contributed by atoms with E-state index in [0.29, 0.717) is 5.57 Å². The van der Waals surface area contributed by atoms with Crippen LogP contribution in [0.3, 0.4) is 0 Å². The average Bonchev–Trinajstić information content (AvgIpc) is 2.41. The predicted molar refractivity (Wildman–Crippen MR) is 75.9 cm³/mol. The molecular weight excluding hydrogens is 240 g/mol. The minimum absolute atomic E-state index is 0.135. The van der Waals surface area contributed by atoms with Crippen LogP contribution >= 0.6 is 0 Å². The molecule has 0 radical (unpaired) electrons. The number of rotatable bonds is 3. The molecule has 1 unspecified atom stereocenters. The molecule has 2 saturated carbocycles. The Labute approximate surface area is 115 Å². The van der Waals surface area contributed by atoms with Crippen LogP contribution in [0.4, 0.5) is 0 Å². The van der Waals surface area contributed by atoms with Crippen molar-refractivity contribution in [2.45, 2.75) is 51.6 Å². The minimum atomic E-state index is -0.762. The lowest BCUT2D eigenvalue weighted by Crippen LogP contribution is -2.65. The summed E-state index contributed by atoms with van der Waals surface area (Å²) < 4.78 is 0. The largest absolute Gasteiger partial charge is 0.512 e. The molecular formula is C16H24O3. The van der Waals surface area contributed by atoms with Crippen LogP contribution in [-0.4, -0.2) is 20.9 Å². The SMILES string of the molecule is C=C/C(C)=C(\C(O)=C\O)[C@@]12CCCC[C@@]1(O)C(C)C2. The van der Waals surface area contributed by atoms with Crippen molar-refractivity contribution in [1.82, 2.24) is 0 Å². The van der Waals surface area contributed by atoms with E-state index in [2.05, 4.69) is 13.5 Å². The van der Waals surface area contributed by atoms with Crippen LogP contribution in [0.25, 0.3) is 0 Å². The first-order valence-electron chi connectivity index (χ1n) is 7.03. The highest BCUT2D eigenvalue weighted by molar-refractivity contribution is 5.45. The van der Waals surface area contributed by atoms with Gasteiger partial charge < -0.3 is 15.3 Å². The Hall–Kier alpha value is -1.22. The first-order valence-corrected chi connectivity index (χ1v) is 7.03. The Bertz CT molecular complexity index is 445. The number of hydrogen-bond donors (Lipinski definition) is 3. The summed E-state index contributed by atoms with van der Waals surface area (Å²) in [5, 5.41) is 30.3. The van der Waals surface area contributed by atoms with Gasteiger partial charge in [-0.15, -0.1) is 0 Å².